The lowest BCUT2D eigenvalue weighted by atomic mass is 9.78. The van der Waals surface area contributed by atoms with Crippen LogP contribution in [0.15, 0.2) is 60.7 Å². The van der Waals surface area contributed by atoms with Crippen LogP contribution in [0.25, 0.3) is 0 Å². The van der Waals surface area contributed by atoms with Crippen molar-refractivity contribution in [2.45, 2.75) is 56.5 Å². The summed E-state index contributed by atoms with van der Waals surface area (Å²) in [6, 6.07) is 19.9. The highest BCUT2D eigenvalue weighted by Crippen LogP contribution is 2.37. The van der Waals surface area contributed by atoms with Crippen LogP contribution >= 0.6 is 0 Å². The van der Waals surface area contributed by atoms with E-state index >= 15 is 0 Å². The van der Waals surface area contributed by atoms with Crippen LogP contribution in [-0.4, -0.2) is 41.0 Å². The molecule has 0 bridgehead atoms. The van der Waals surface area contributed by atoms with E-state index in [1.54, 1.807) is 0 Å². The Morgan fingerprint density at radius 3 is 2.32 bits per heavy atom. The second-order valence-electron chi connectivity index (χ2n) is 9.30. The van der Waals surface area contributed by atoms with Gasteiger partial charge in [0.25, 0.3) is 5.91 Å². The third-order valence-corrected chi connectivity index (χ3v) is 7.44. The first-order valence-corrected chi connectivity index (χ1v) is 11.6. The van der Waals surface area contributed by atoms with E-state index in [1.165, 1.54) is 37.0 Å². The molecule has 5 nitrogen and oxygen atoms in total. The van der Waals surface area contributed by atoms with Crippen molar-refractivity contribution in [1.82, 2.24) is 15.1 Å². The van der Waals surface area contributed by atoms with E-state index in [4.69, 9.17) is 0 Å². The van der Waals surface area contributed by atoms with Crippen LogP contribution in [-0.2, 0) is 16.8 Å². The number of nitrogens with zero attached hydrogens (tertiary/aromatic N) is 2. The quantitative estimate of drug-likeness (QED) is 0.739. The Balaban J connectivity index is 1.44. The van der Waals surface area contributed by atoms with Crippen molar-refractivity contribution >= 4 is 11.9 Å². The van der Waals surface area contributed by atoms with Gasteiger partial charge in [0.1, 0.15) is 0 Å². The van der Waals surface area contributed by atoms with Gasteiger partial charge in [-0.3, -0.25) is 9.69 Å². The van der Waals surface area contributed by atoms with Crippen molar-refractivity contribution in [3.63, 3.8) is 0 Å². The molecular formula is C26H31N3O2. The summed E-state index contributed by atoms with van der Waals surface area (Å²) in [6.07, 6.45) is 7.91. The zero-order valence-electron chi connectivity index (χ0n) is 18.0. The van der Waals surface area contributed by atoms with E-state index in [2.05, 4.69) is 10.2 Å². The number of carbonyl (C=O) groups is 2. The van der Waals surface area contributed by atoms with Crippen LogP contribution in [0.3, 0.4) is 0 Å². The van der Waals surface area contributed by atoms with E-state index < -0.39 is 5.54 Å². The second kappa shape index (κ2) is 8.46. The first kappa shape index (κ1) is 20.3. The van der Waals surface area contributed by atoms with Crippen LogP contribution in [0.2, 0.25) is 0 Å². The minimum atomic E-state index is -1.05. The molecular weight excluding hydrogens is 386 g/mol. The van der Waals surface area contributed by atoms with Gasteiger partial charge in [-0.05, 0) is 42.7 Å². The monoisotopic (exact) mass is 417 g/mol. The lowest BCUT2D eigenvalue weighted by molar-refractivity contribution is -0.134. The number of benzene rings is 2. The van der Waals surface area contributed by atoms with Gasteiger partial charge in [-0.15, -0.1) is 0 Å². The summed E-state index contributed by atoms with van der Waals surface area (Å²) in [6.45, 7) is 1.37. The van der Waals surface area contributed by atoms with Crippen LogP contribution in [0.5, 0.6) is 0 Å². The molecule has 1 saturated carbocycles. The molecule has 0 aromatic heterocycles. The summed E-state index contributed by atoms with van der Waals surface area (Å²) in [5.74, 6) is 0.581. The molecule has 3 amide bonds. The number of hydrogen-bond acceptors (Lipinski definition) is 3. The summed E-state index contributed by atoms with van der Waals surface area (Å²) in [7, 11) is 0. The highest BCUT2D eigenvalue weighted by Gasteiger charge is 2.53. The minimum Gasteiger partial charge on any atom is -0.319 e. The smallest absolute Gasteiger partial charge is 0.319 e. The fraction of sp³-hybridized carbons (Fsp3) is 0.462. The normalized spacial score (nSPS) is 29.0. The van der Waals surface area contributed by atoms with Crippen molar-refractivity contribution in [2.24, 2.45) is 5.92 Å². The van der Waals surface area contributed by atoms with Crippen LogP contribution in [0.1, 0.15) is 49.7 Å². The molecule has 2 aromatic rings. The lowest BCUT2D eigenvalue weighted by Gasteiger charge is -2.45. The standard InChI is InChI=1S/C26H31N3O2/c30-24-26(22-14-5-2-6-15-22,18-20-10-3-1-4-11-20)27-25(31)29(24)19-28-17-9-13-21-12-7-8-16-23(21)28/h1-6,10-11,14-15,21,23H,7-9,12-13,16-19H2,(H,27,31)/t21-,23-,26-/m1/s1. The van der Waals surface area contributed by atoms with Gasteiger partial charge in [0, 0.05) is 19.0 Å². The Morgan fingerprint density at radius 2 is 1.55 bits per heavy atom. The predicted octanol–water partition coefficient (Wildman–Crippen LogP) is 4.29. The van der Waals surface area contributed by atoms with Crippen molar-refractivity contribution < 1.29 is 9.59 Å². The fourth-order valence-corrected chi connectivity index (χ4v) is 5.88. The Bertz CT molecular complexity index is 930. The summed E-state index contributed by atoms with van der Waals surface area (Å²) >= 11 is 0. The van der Waals surface area contributed by atoms with Gasteiger partial charge < -0.3 is 5.32 Å². The van der Waals surface area contributed by atoms with E-state index in [-0.39, 0.29) is 11.9 Å². The molecule has 0 radical (unpaired) electrons. The Kier molecular flexibility index (Phi) is 5.53. The number of amides is 3. The van der Waals surface area contributed by atoms with E-state index in [0.717, 1.165) is 24.1 Å². The van der Waals surface area contributed by atoms with Crippen molar-refractivity contribution in [3.8, 4) is 0 Å². The van der Waals surface area contributed by atoms with E-state index in [1.807, 2.05) is 60.7 Å². The van der Waals surface area contributed by atoms with Crippen molar-refractivity contribution in [2.75, 3.05) is 13.2 Å². The molecule has 1 N–H and O–H groups in total. The molecule has 3 aliphatic rings. The number of urea groups is 1. The summed E-state index contributed by atoms with van der Waals surface area (Å²) in [4.78, 5) is 30.9. The van der Waals surface area contributed by atoms with Gasteiger partial charge in [-0.25, -0.2) is 9.69 Å². The van der Waals surface area contributed by atoms with Gasteiger partial charge in [0.2, 0.25) is 0 Å². The molecule has 0 unspecified atom stereocenters. The number of rotatable bonds is 5. The van der Waals surface area contributed by atoms with Gasteiger partial charge in [0.15, 0.2) is 5.54 Å². The lowest BCUT2D eigenvalue weighted by Crippen LogP contribution is -2.53. The molecule has 2 aromatic carbocycles. The number of nitrogens with one attached hydrogen (secondary N) is 1. The van der Waals surface area contributed by atoms with Crippen LogP contribution in [0.4, 0.5) is 4.79 Å². The maximum Gasteiger partial charge on any atom is 0.326 e. The average Bonchev–Trinajstić information content (AvgIpc) is 3.05. The number of fused-ring (bicyclic) bond motifs is 1. The van der Waals surface area contributed by atoms with Gasteiger partial charge in [-0.2, -0.15) is 0 Å². The Hall–Kier alpha value is -2.66. The zero-order chi connectivity index (χ0) is 21.3. The largest absolute Gasteiger partial charge is 0.326 e. The summed E-state index contributed by atoms with van der Waals surface area (Å²) in [5.41, 5.74) is 0.822. The Morgan fingerprint density at radius 1 is 0.871 bits per heavy atom. The molecule has 3 atom stereocenters. The topological polar surface area (TPSA) is 52.7 Å². The molecule has 5 rings (SSSR count). The number of piperidine rings is 1. The van der Waals surface area contributed by atoms with Crippen LogP contribution in [0, 0.1) is 5.92 Å². The molecule has 2 heterocycles. The van der Waals surface area contributed by atoms with Gasteiger partial charge >= 0.3 is 6.03 Å². The molecule has 162 valence electrons. The van der Waals surface area contributed by atoms with Gasteiger partial charge in [-0.1, -0.05) is 73.5 Å². The van der Waals surface area contributed by atoms with E-state index in [9.17, 15) is 9.59 Å². The molecule has 2 aliphatic heterocycles. The van der Waals surface area contributed by atoms with Crippen LogP contribution < -0.4 is 5.32 Å². The zero-order valence-corrected chi connectivity index (χ0v) is 18.0. The SMILES string of the molecule is O=C1N[C@](Cc2ccccc2)(c2ccccc2)C(=O)N1CN1CCC[C@H]2CCCC[C@H]21. The average molecular weight is 418 g/mol. The number of hydrogen-bond donors (Lipinski definition) is 1. The van der Waals surface area contributed by atoms with Crippen molar-refractivity contribution in [3.05, 3.63) is 71.8 Å². The third-order valence-electron chi connectivity index (χ3n) is 7.44. The summed E-state index contributed by atoms with van der Waals surface area (Å²) in [5, 5.41) is 3.10. The predicted molar refractivity (Wildman–Crippen MR) is 120 cm³/mol. The molecule has 3 fully saturated rings. The van der Waals surface area contributed by atoms with E-state index in [0.29, 0.717) is 25.0 Å². The number of carbonyl (C=O) groups excluding carboxylic acids is 2. The third kappa shape index (κ3) is 3.76. The number of imide groups is 1. The first-order chi connectivity index (χ1) is 15.2. The second-order valence-corrected chi connectivity index (χ2v) is 9.30. The minimum absolute atomic E-state index is 0.134. The molecule has 1 aliphatic carbocycles. The molecule has 0 spiro atoms. The highest BCUT2D eigenvalue weighted by atomic mass is 16.2. The summed E-state index contributed by atoms with van der Waals surface area (Å²) < 4.78 is 0. The number of likely N-dealkylation sites (tertiary alicyclic amines) is 1. The first-order valence-electron chi connectivity index (χ1n) is 11.6. The molecule has 5 heteroatoms. The van der Waals surface area contributed by atoms with Crippen molar-refractivity contribution in [1.29, 1.82) is 0 Å². The maximum atomic E-state index is 13.9. The fourth-order valence-electron chi connectivity index (χ4n) is 5.88. The molecule has 31 heavy (non-hydrogen) atoms. The van der Waals surface area contributed by atoms with Gasteiger partial charge in [0.05, 0.1) is 6.67 Å². The molecule has 2 saturated heterocycles. The maximum absolute atomic E-state index is 13.9. The highest BCUT2D eigenvalue weighted by molar-refractivity contribution is 6.07. The Labute approximate surface area is 184 Å².